The van der Waals surface area contributed by atoms with Crippen molar-refractivity contribution in [2.75, 3.05) is 36.7 Å². The van der Waals surface area contributed by atoms with Crippen LogP contribution in [0, 0.1) is 6.92 Å². The predicted molar refractivity (Wildman–Crippen MR) is 100 cm³/mol. The molecule has 2 amide bonds. The number of hydrogen-bond donors (Lipinski definition) is 2. The number of amides is 2. The van der Waals surface area contributed by atoms with E-state index >= 15 is 0 Å². The van der Waals surface area contributed by atoms with E-state index in [4.69, 9.17) is 4.74 Å². The first kappa shape index (κ1) is 18.3. The maximum atomic E-state index is 12.1. The highest BCUT2D eigenvalue weighted by molar-refractivity contribution is 6.08. The van der Waals surface area contributed by atoms with Crippen molar-refractivity contribution >= 4 is 28.9 Å². The van der Waals surface area contributed by atoms with Crippen LogP contribution >= 0.6 is 0 Å². The van der Waals surface area contributed by atoms with E-state index in [0.717, 1.165) is 11.3 Å². The normalized spacial score (nSPS) is 10.1. The van der Waals surface area contributed by atoms with Gasteiger partial charge in [0.1, 0.15) is 12.2 Å². The lowest BCUT2D eigenvalue weighted by Gasteiger charge is -2.13. The number of hydrogen-bond acceptors (Lipinski definition) is 4. The summed E-state index contributed by atoms with van der Waals surface area (Å²) in [5, 5.41) is 5.43. The summed E-state index contributed by atoms with van der Waals surface area (Å²) in [6.45, 7) is 1.92. The first-order chi connectivity index (χ1) is 11.9. The third kappa shape index (κ3) is 5.24. The minimum absolute atomic E-state index is 0.271. The molecule has 0 saturated heterocycles. The zero-order valence-corrected chi connectivity index (χ0v) is 14.9. The molecular formula is C19H23N3O3. The van der Waals surface area contributed by atoms with Gasteiger partial charge in [0.25, 0.3) is 0 Å². The Bertz CT molecular complexity index is 755. The molecule has 0 radical (unpaired) electrons. The average Bonchev–Trinajstić information content (AvgIpc) is 2.55. The number of anilines is 3. The zero-order valence-electron chi connectivity index (χ0n) is 14.9. The number of carbonyl (C=O) groups excluding carboxylic acids is 2. The minimum Gasteiger partial charge on any atom is -0.495 e. The van der Waals surface area contributed by atoms with Gasteiger partial charge in [-0.15, -0.1) is 0 Å². The monoisotopic (exact) mass is 341 g/mol. The van der Waals surface area contributed by atoms with E-state index in [1.807, 2.05) is 44.1 Å². The van der Waals surface area contributed by atoms with Gasteiger partial charge < -0.3 is 20.3 Å². The van der Waals surface area contributed by atoms with Crippen LogP contribution < -0.4 is 20.3 Å². The average molecular weight is 341 g/mol. The van der Waals surface area contributed by atoms with Gasteiger partial charge in [0.05, 0.1) is 12.8 Å². The molecule has 0 aromatic heterocycles. The van der Waals surface area contributed by atoms with Gasteiger partial charge in [-0.1, -0.05) is 6.07 Å². The largest absolute Gasteiger partial charge is 0.495 e. The molecule has 6 nitrogen and oxygen atoms in total. The van der Waals surface area contributed by atoms with Crippen LogP contribution in [0.3, 0.4) is 0 Å². The molecular weight excluding hydrogens is 318 g/mol. The van der Waals surface area contributed by atoms with Crippen molar-refractivity contribution in [3.8, 4) is 5.75 Å². The Kier molecular flexibility index (Phi) is 6.00. The van der Waals surface area contributed by atoms with Crippen molar-refractivity contribution in [1.29, 1.82) is 0 Å². The van der Waals surface area contributed by atoms with Crippen molar-refractivity contribution < 1.29 is 14.3 Å². The Morgan fingerprint density at radius 1 is 1.00 bits per heavy atom. The maximum absolute atomic E-state index is 12.1. The number of benzene rings is 2. The van der Waals surface area contributed by atoms with Crippen molar-refractivity contribution in [2.45, 2.75) is 13.3 Å². The van der Waals surface area contributed by atoms with E-state index in [1.165, 1.54) is 7.11 Å². The molecule has 25 heavy (non-hydrogen) atoms. The number of rotatable bonds is 6. The molecule has 0 spiro atoms. The quantitative estimate of drug-likeness (QED) is 0.792. The summed E-state index contributed by atoms with van der Waals surface area (Å²) in [6, 6.07) is 12.9. The Hall–Kier alpha value is -3.02. The van der Waals surface area contributed by atoms with E-state index < -0.39 is 5.91 Å². The first-order valence-electron chi connectivity index (χ1n) is 7.91. The van der Waals surface area contributed by atoms with Crippen LogP contribution in [-0.4, -0.2) is 33.0 Å². The molecule has 0 aliphatic heterocycles. The number of nitrogens with one attached hydrogen (secondary N) is 2. The fraction of sp³-hybridized carbons (Fsp3) is 0.263. The van der Waals surface area contributed by atoms with Gasteiger partial charge in [-0.3, -0.25) is 9.59 Å². The molecule has 0 heterocycles. The molecule has 0 saturated carbocycles. The SMILES string of the molecule is COc1ccc(C)cc1NC(=O)CC(=O)Nc1ccc(N(C)C)cc1. The molecule has 0 fully saturated rings. The topological polar surface area (TPSA) is 70.7 Å². The van der Waals surface area contributed by atoms with E-state index in [1.54, 1.807) is 24.3 Å². The fourth-order valence-electron chi connectivity index (χ4n) is 2.31. The van der Waals surface area contributed by atoms with Gasteiger partial charge in [0, 0.05) is 25.5 Å². The standard InChI is InChI=1S/C19H23N3O3/c1-13-5-10-17(25-4)16(11-13)21-19(24)12-18(23)20-14-6-8-15(9-7-14)22(2)3/h5-11H,12H2,1-4H3,(H,20,23)(H,21,24). The minimum atomic E-state index is -0.397. The second-order valence-electron chi connectivity index (χ2n) is 5.92. The van der Waals surface area contributed by atoms with Gasteiger partial charge >= 0.3 is 0 Å². The van der Waals surface area contributed by atoms with Gasteiger partial charge in [-0.25, -0.2) is 0 Å². The summed E-state index contributed by atoms with van der Waals surface area (Å²) in [4.78, 5) is 26.1. The molecule has 2 aromatic carbocycles. The third-order valence-corrected chi connectivity index (χ3v) is 3.62. The predicted octanol–water partition coefficient (Wildman–Crippen LogP) is 3.04. The van der Waals surface area contributed by atoms with Crippen LogP contribution in [0.1, 0.15) is 12.0 Å². The Balaban J connectivity index is 1.94. The molecule has 6 heteroatoms. The van der Waals surface area contributed by atoms with Gasteiger partial charge in [0.2, 0.25) is 11.8 Å². The van der Waals surface area contributed by atoms with Crippen LogP contribution in [0.5, 0.6) is 5.75 Å². The lowest BCUT2D eigenvalue weighted by Crippen LogP contribution is -2.21. The van der Waals surface area contributed by atoms with E-state index in [0.29, 0.717) is 17.1 Å². The summed E-state index contributed by atoms with van der Waals surface area (Å²) in [5.74, 6) is -0.216. The summed E-state index contributed by atoms with van der Waals surface area (Å²) >= 11 is 0. The molecule has 0 bridgehead atoms. The molecule has 2 N–H and O–H groups in total. The maximum Gasteiger partial charge on any atom is 0.233 e. The smallest absolute Gasteiger partial charge is 0.233 e. The number of nitrogens with zero attached hydrogens (tertiary/aromatic N) is 1. The molecule has 2 aromatic rings. The number of ether oxygens (including phenoxy) is 1. The van der Waals surface area contributed by atoms with Crippen molar-refractivity contribution in [2.24, 2.45) is 0 Å². The molecule has 0 aliphatic carbocycles. The number of aryl methyl sites for hydroxylation is 1. The van der Waals surface area contributed by atoms with Crippen LogP contribution in [0.2, 0.25) is 0 Å². The Labute approximate surface area is 147 Å². The number of methoxy groups -OCH3 is 1. The second kappa shape index (κ2) is 8.19. The first-order valence-corrected chi connectivity index (χ1v) is 7.91. The van der Waals surface area contributed by atoms with Crippen LogP contribution in [0.15, 0.2) is 42.5 Å². The molecule has 0 aliphatic rings. The third-order valence-electron chi connectivity index (χ3n) is 3.62. The van der Waals surface area contributed by atoms with Crippen molar-refractivity contribution in [3.63, 3.8) is 0 Å². The van der Waals surface area contributed by atoms with Crippen LogP contribution in [0.4, 0.5) is 17.1 Å². The Morgan fingerprint density at radius 3 is 2.24 bits per heavy atom. The highest BCUT2D eigenvalue weighted by Gasteiger charge is 2.12. The van der Waals surface area contributed by atoms with Gasteiger partial charge in [-0.05, 0) is 48.9 Å². The van der Waals surface area contributed by atoms with E-state index in [2.05, 4.69) is 10.6 Å². The zero-order chi connectivity index (χ0) is 18.4. The highest BCUT2D eigenvalue weighted by atomic mass is 16.5. The fourth-order valence-corrected chi connectivity index (χ4v) is 2.31. The lowest BCUT2D eigenvalue weighted by atomic mass is 10.2. The van der Waals surface area contributed by atoms with Crippen LogP contribution in [0.25, 0.3) is 0 Å². The van der Waals surface area contributed by atoms with Crippen molar-refractivity contribution in [1.82, 2.24) is 0 Å². The van der Waals surface area contributed by atoms with E-state index in [9.17, 15) is 9.59 Å². The van der Waals surface area contributed by atoms with Gasteiger partial charge in [-0.2, -0.15) is 0 Å². The van der Waals surface area contributed by atoms with Crippen molar-refractivity contribution in [3.05, 3.63) is 48.0 Å². The van der Waals surface area contributed by atoms with Crippen LogP contribution in [-0.2, 0) is 9.59 Å². The molecule has 0 unspecified atom stereocenters. The summed E-state index contributed by atoms with van der Waals surface area (Å²) in [5.41, 5.74) is 3.22. The lowest BCUT2D eigenvalue weighted by molar-refractivity contribution is -0.123. The number of carbonyl (C=O) groups is 2. The summed E-state index contributed by atoms with van der Waals surface area (Å²) in [7, 11) is 5.42. The molecule has 0 atom stereocenters. The Morgan fingerprint density at radius 2 is 1.64 bits per heavy atom. The highest BCUT2D eigenvalue weighted by Crippen LogP contribution is 2.25. The van der Waals surface area contributed by atoms with E-state index in [-0.39, 0.29) is 12.3 Å². The second-order valence-corrected chi connectivity index (χ2v) is 5.92. The van der Waals surface area contributed by atoms with Gasteiger partial charge in [0.15, 0.2) is 0 Å². The summed E-state index contributed by atoms with van der Waals surface area (Å²) in [6.07, 6.45) is -0.271. The molecule has 132 valence electrons. The summed E-state index contributed by atoms with van der Waals surface area (Å²) < 4.78 is 5.21. The molecule has 2 rings (SSSR count).